The maximum absolute atomic E-state index is 6.58. The summed E-state index contributed by atoms with van der Waals surface area (Å²) < 4.78 is 0. The summed E-state index contributed by atoms with van der Waals surface area (Å²) in [6.45, 7) is 14.0. The lowest BCUT2D eigenvalue weighted by atomic mass is 9.72. The molecule has 0 aromatic rings. The van der Waals surface area contributed by atoms with Crippen molar-refractivity contribution in [3.05, 3.63) is 0 Å². The quantitative estimate of drug-likeness (QED) is 0.650. The van der Waals surface area contributed by atoms with Crippen LogP contribution < -0.4 is 5.73 Å². The Kier molecular flexibility index (Phi) is 2.13. The van der Waals surface area contributed by atoms with Crippen LogP contribution in [-0.2, 0) is 0 Å². The maximum atomic E-state index is 6.58. The Balaban J connectivity index is 2.05. The number of hydrogen-bond donors (Lipinski definition) is 1. The van der Waals surface area contributed by atoms with Crippen LogP contribution in [0, 0.1) is 28.6 Å². The summed E-state index contributed by atoms with van der Waals surface area (Å²) in [7, 11) is 0. The van der Waals surface area contributed by atoms with Gasteiger partial charge in [0, 0.05) is 5.54 Å². The third kappa shape index (κ3) is 1.46. The normalized spacial score (nSPS) is 45.4. The van der Waals surface area contributed by atoms with Crippen LogP contribution in [0.3, 0.4) is 0 Å². The van der Waals surface area contributed by atoms with Gasteiger partial charge in [-0.25, -0.2) is 0 Å². The highest BCUT2D eigenvalue weighted by molar-refractivity contribution is 5.24. The molecule has 0 aromatic heterocycles. The van der Waals surface area contributed by atoms with Crippen molar-refractivity contribution >= 4 is 0 Å². The van der Waals surface area contributed by atoms with Gasteiger partial charge in [-0.15, -0.1) is 0 Å². The molecular formula is C14H27N. The van der Waals surface area contributed by atoms with Crippen LogP contribution in [0.1, 0.15) is 54.4 Å². The van der Waals surface area contributed by atoms with Crippen LogP contribution in [-0.4, -0.2) is 5.54 Å². The summed E-state index contributed by atoms with van der Waals surface area (Å²) in [6.07, 6.45) is 2.73. The molecule has 2 saturated carbocycles. The predicted octanol–water partition coefficient (Wildman–Crippen LogP) is 3.43. The summed E-state index contributed by atoms with van der Waals surface area (Å²) in [4.78, 5) is 0. The molecule has 0 saturated heterocycles. The molecule has 0 radical (unpaired) electrons. The molecular weight excluding hydrogens is 182 g/mol. The molecule has 2 atom stereocenters. The topological polar surface area (TPSA) is 26.0 Å². The molecule has 2 unspecified atom stereocenters. The standard InChI is InChI=1S/C14H27N/c1-12(2,3)9-7-10-11(8-9)14(10,15)13(4,5)6/h9-11H,7-8,15H2,1-6H3. The average Bonchev–Trinajstić information content (AvgIpc) is 2.41. The van der Waals surface area contributed by atoms with Crippen molar-refractivity contribution in [3.8, 4) is 0 Å². The third-order valence-corrected chi connectivity index (χ3v) is 5.20. The minimum absolute atomic E-state index is 0.148. The molecule has 0 aromatic carbocycles. The smallest absolute Gasteiger partial charge is 0.0267 e. The van der Waals surface area contributed by atoms with Gasteiger partial charge in [0.2, 0.25) is 0 Å². The van der Waals surface area contributed by atoms with E-state index >= 15 is 0 Å². The number of hydrogen-bond acceptors (Lipinski definition) is 1. The van der Waals surface area contributed by atoms with Gasteiger partial charge in [0.15, 0.2) is 0 Å². The van der Waals surface area contributed by atoms with Gasteiger partial charge in [-0.2, -0.15) is 0 Å². The van der Waals surface area contributed by atoms with E-state index in [0.717, 1.165) is 17.8 Å². The highest BCUT2D eigenvalue weighted by atomic mass is 15.0. The first-order valence-electron chi connectivity index (χ1n) is 6.37. The Morgan fingerprint density at radius 3 is 1.60 bits per heavy atom. The zero-order valence-electron chi connectivity index (χ0n) is 11.2. The molecule has 1 heteroatoms. The van der Waals surface area contributed by atoms with Gasteiger partial charge in [0.1, 0.15) is 0 Å². The van der Waals surface area contributed by atoms with Crippen molar-refractivity contribution in [3.63, 3.8) is 0 Å². The van der Waals surface area contributed by atoms with E-state index in [9.17, 15) is 0 Å². The number of rotatable bonds is 0. The van der Waals surface area contributed by atoms with Crippen molar-refractivity contribution in [2.75, 3.05) is 0 Å². The Morgan fingerprint density at radius 2 is 1.33 bits per heavy atom. The van der Waals surface area contributed by atoms with Gasteiger partial charge in [-0.1, -0.05) is 41.5 Å². The van der Waals surface area contributed by atoms with Gasteiger partial charge in [-0.05, 0) is 41.4 Å². The van der Waals surface area contributed by atoms with Crippen molar-refractivity contribution in [1.82, 2.24) is 0 Å². The molecule has 2 fully saturated rings. The lowest BCUT2D eigenvalue weighted by molar-refractivity contribution is 0.170. The van der Waals surface area contributed by atoms with E-state index in [1.54, 1.807) is 0 Å². The largest absolute Gasteiger partial charge is 0.324 e. The molecule has 2 aliphatic carbocycles. The van der Waals surface area contributed by atoms with Gasteiger partial charge in [0.25, 0.3) is 0 Å². The first-order valence-corrected chi connectivity index (χ1v) is 6.37. The van der Waals surface area contributed by atoms with E-state index in [-0.39, 0.29) is 11.0 Å². The predicted molar refractivity (Wildman–Crippen MR) is 65.5 cm³/mol. The molecule has 2 rings (SSSR count). The highest BCUT2D eigenvalue weighted by Crippen LogP contribution is 2.69. The highest BCUT2D eigenvalue weighted by Gasteiger charge is 2.70. The molecule has 2 N–H and O–H groups in total. The zero-order valence-corrected chi connectivity index (χ0v) is 11.2. The Morgan fingerprint density at radius 1 is 0.933 bits per heavy atom. The van der Waals surface area contributed by atoms with Crippen LogP contribution in [0.15, 0.2) is 0 Å². The number of nitrogens with two attached hydrogens (primary N) is 1. The van der Waals surface area contributed by atoms with Gasteiger partial charge < -0.3 is 5.73 Å². The summed E-state index contributed by atoms with van der Waals surface area (Å²) in [5, 5.41) is 0. The van der Waals surface area contributed by atoms with E-state index in [2.05, 4.69) is 41.5 Å². The second kappa shape index (κ2) is 2.80. The van der Waals surface area contributed by atoms with Gasteiger partial charge in [-0.3, -0.25) is 0 Å². The summed E-state index contributed by atoms with van der Waals surface area (Å²) in [6, 6.07) is 0. The molecule has 2 aliphatic rings. The number of fused-ring (bicyclic) bond motifs is 1. The van der Waals surface area contributed by atoms with Crippen molar-refractivity contribution in [2.45, 2.75) is 59.9 Å². The monoisotopic (exact) mass is 209 g/mol. The van der Waals surface area contributed by atoms with E-state index in [1.807, 2.05) is 0 Å². The minimum atomic E-state index is 0.148. The maximum Gasteiger partial charge on any atom is 0.0267 e. The lowest BCUT2D eigenvalue weighted by Crippen LogP contribution is -2.43. The molecule has 15 heavy (non-hydrogen) atoms. The molecule has 1 nitrogen and oxygen atoms in total. The third-order valence-electron chi connectivity index (χ3n) is 5.20. The van der Waals surface area contributed by atoms with Gasteiger partial charge >= 0.3 is 0 Å². The fraction of sp³-hybridized carbons (Fsp3) is 1.00. The van der Waals surface area contributed by atoms with Crippen LogP contribution >= 0.6 is 0 Å². The second-order valence-corrected chi connectivity index (χ2v) is 7.93. The summed E-state index contributed by atoms with van der Waals surface area (Å²) >= 11 is 0. The Bertz CT molecular complexity index is 254. The Hall–Kier alpha value is -0.0400. The fourth-order valence-electron chi connectivity index (χ4n) is 3.81. The van der Waals surface area contributed by atoms with Crippen molar-refractivity contribution in [2.24, 2.45) is 34.3 Å². The fourth-order valence-corrected chi connectivity index (χ4v) is 3.81. The molecule has 0 aliphatic heterocycles. The summed E-state index contributed by atoms with van der Waals surface area (Å²) in [5.74, 6) is 2.51. The Labute approximate surface area is 94.8 Å². The van der Waals surface area contributed by atoms with E-state index in [1.165, 1.54) is 12.8 Å². The minimum Gasteiger partial charge on any atom is -0.324 e. The second-order valence-electron chi connectivity index (χ2n) is 7.93. The van der Waals surface area contributed by atoms with Crippen LogP contribution in [0.4, 0.5) is 0 Å². The van der Waals surface area contributed by atoms with Crippen LogP contribution in [0.2, 0.25) is 0 Å². The first-order chi connectivity index (χ1) is 6.58. The van der Waals surface area contributed by atoms with E-state index in [0.29, 0.717) is 5.41 Å². The molecule has 0 amide bonds. The van der Waals surface area contributed by atoms with Gasteiger partial charge in [0.05, 0.1) is 0 Å². The molecule has 88 valence electrons. The van der Waals surface area contributed by atoms with E-state index in [4.69, 9.17) is 5.73 Å². The molecule has 0 spiro atoms. The molecule has 0 bridgehead atoms. The zero-order chi connectivity index (χ0) is 11.6. The van der Waals surface area contributed by atoms with Crippen LogP contribution in [0.25, 0.3) is 0 Å². The molecule has 0 heterocycles. The summed E-state index contributed by atoms with van der Waals surface area (Å²) in [5.41, 5.74) is 7.49. The van der Waals surface area contributed by atoms with E-state index < -0.39 is 0 Å². The SMILES string of the molecule is CC(C)(C)C1CC2C(C1)C2(N)C(C)(C)C. The average molecular weight is 209 g/mol. The van der Waals surface area contributed by atoms with Crippen LogP contribution in [0.5, 0.6) is 0 Å². The lowest BCUT2D eigenvalue weighted by Gasteiger charge is -2.36. The van der Waals surface area contributed by atoms with Crippen molar-refractivity contribution in [1.29, 1.82) is 0 Å². The first kappa shape index (κ1) is 11.4. The van der Waals surface area contributed by atoms with Crippen molar-refractivity contribution < 1.29 is 0 Å².